The van der Waals surface area contributed by atoms with Gasteiger partial charge in [0.05, 0.1) is 0 Å². The van der Waals surface area contributed by atoms with Crippen LogP contribution in [0.5, 0.6) is 0 Å². The van der Waals surface area contributed by atoms with E-state index in [9.17, 15) is 13.2 Å². The molecule has 0 aromatic heterocycles. The average molecular weight is 202 g/mol. The van der Waals surface area contributed by atoms with Crippen LogP contribution in [0.4, 0.5) is 13.2 Å². The lowest BCUT2D eigenvalue weighted by molar-refractivity contribution is -0.0637. The van der Waals surface area contributed by atoms with E-state index in [4.69, 9.17) is 0 Å². The minimum Gasteiger partial charge on any atom is -0.241 e. The van der Waals surface area contributed by atoms with E-state index in [2.05, 4.69) is 0 Å². The van der Waals surface area contributed by atoms with Crippen LogP contribution in [0.25, 0.3) is 0 Å². The van der Waals surface area contributed by atoms with Gasteiger partial charge < -0.3 is 0 Å². The van der Waals surface area contributed by atoms with E-state index in [0.29, 0.717) is 5.56 Å². The SMILES string of the molecule is Cc1ccc(CC(F)(F)C(C)F)cc1. The molecule has 0 saturated carbocycles. The van der Waals surface area contributed by atoms with Gasteiger partial charge in [-0.3, -0.25) is 0 Å². The molecule has 1 unspecified atom stereocenters. The Morgan fingerprint density at radius 3 is 2.14 bits per heavy atom. The maximum Gasteiger partial charge on any atom is 0.282 e. The summed E-state index contributed by atoms with van der Waals surface area (Å²) in [7, 11) is 0. The average Bonchev–Trinajstić information content (AvgIpc) is 2.08. The Hall–Kier alpha value is -0.990. The van der Waals surface area contributed by atoms with Crippen molar-refractivity contribution in [2.24, 2.45) is 0 Å². The molecule has 0 heterocycles. The summed E-state index contributed by atoms with van der Waals surface area (Å²) in [5.41, 5.74) is 1.47. The van der Waals surface area contributed by atoms with E-state index >= 15 is 0 Å². The summed E-state index contributed by atoms with van der Waals surface area (Å²) in [6, 6.07) is 6.69. The molecule has 0 amide bonds. The topological polar surface area (TPSA) is 0 Å². The standard InChI is InChI=1S/C11H13F3/c1-8-3-5-10(6-4-8)7-11(13,14)9(2)12/h3-6,9H,7H2,1-2H3. The van der Waals surface area contributed by atoms with Gasteiger partial charge in [0, 0.05) is 6.42 Å². The molecule has 1 aromatic carbocycles. The molecular formula is C11H13F3. The van der Waals surface area contributed by atoms with Gasteiger partial charge in [-0.2, -0.15) is 0 Å². The van der Waals surface area contributed by atoms with Crippen molar-refractivity contribution in [1.82, 2.24) is 0 Å². The molecule has 0 aliphatic rings. The molecule has 3 heteroatoms. The lowest BCUT2D eigenvalue weighted by Gasteiger charge is -2.17. The first-order valence-electron chi connectivity index (χ1n) is 4.49. The number of hydrogen-bond donors (Lipinski definition) is 0. The number of halogens is 3. The van der Waals surface area contributed by atoms with Crippen LogP contribution in [0.3, 0.4) is 0 Å². The Balaban J connectivity index is 2.74. The van der Waals surface area contributed by atoms with E-state index in [1.165, 1.54) is 0 Å². The first-order chi connectivity index (χ1) is 6.42. The van der Waals surface area contributed by atoms with Crippen LogP contribution in [-0.2, 0) is 6.42 Å². The lowest BCUT2D eigenvalue weighted by atomic mass is 10.0. The van der Waals surface area contributed by atoms with E-state index in [-0.39, 0.29) is 0 Å². The van der Waals surface area contributed by atoms with Crippen LogP contribution in [0.1, 0.15) is 18.1 Å². The monoisotopic (exact) mass is 202 g/mol. The third-order valence-electron chi connectivity index (χ3n) is 2.14. The zero-order chi connectivity index (χ0) is 10.8. The highest BCUT2D eigenvalue weighted by atomic mass is 19.3. The van der Waals surface area contributed by atoms with E-state index in [1.807, 2.05) is 6.92 Å². The van der Waals surface area contributed by atoms with Crippen molar-refractivity contribution in [3.8, 4) is 0 Å². The molecule has 0 radical (unpaired) electrons. The molecule has 0 bridgehead atoms. The Morgan fingerprint density at radius 1 is 1.21 bits per heavy atom. The minimum atomic E-state index is -3.27. The predicted octanol–water partition coefficient (Wildman–Crippen LogP) is 3.53. The van der Waals surface area contributed by atoms with Crippen molar-refractivity contribution < 1.29 is 13.2 Å². The van der Waals surface area contributed by atoms with Gasteiger partial charge in [0.1, 0.15) is 0 Å². The molecule has 14 heavy (non-hydrogen) atoms. The maximum absolute atomic E-state index is 13.0. The third kappa shape index (κ3) is 2.76. The van der Waals surface area contributed by atoms with E-state index < -0.39 is 18.5 Å². The number of rotatable bonds is 3. The van der Waals surface area contributed by atoms with Gasteiger partial charge in [-0.1, -0.05) is 29.8 Å². The van der Waals surface area contributed by atoms with Crippen LogP contribution >= 0.6 is 0 Å². The second kappa shape index (κ2) is 4.03. The van der Waals surface area contributed by atoms with Crippen molar-refractivity contribution in [3.63, 3.8) is 0 Å². The Bertz CT molecular complexity index is 288. The highest BCUT2D eigenvalue weighted by Gasteiger charge is 2.36. The van der Waals surface area contributed by atoms with Gasteiger partial charge in [0.15, 0.2) is 6.17 Å². The van der Waals surface area contributed by atoms with Gasteiger partial charge in [-0.25, -0.2) is 13.2 Å². The molecule has 1 atom stereocenters. The zero-order valence-electron chi connectivity index (χ0n) is 8.23. The second-order valence-electron chi connectivity index (χ2n) is 3.54. The Labute approximate surface area is 81.8 Å². The first-order valence-corrected chi connectivity index (χ1v) is 4.49. The Morgan fingerprint density at radius 2 is 1.71 bits per heavy atom. The van der Waals surface area contributed by atoms with Crippen LogP contribution in [0.2, 0.25) is 0 Å². The van der Waals surface area contributed by atoms with Gasteiger partial charge in [-0.15, -0.1) is 0 Å². The van der Waals surface area contributed by atoms with Crippen LogP contribution in [0, 0.1) is 6.92 Å². The Kier molecular flexibility index (Phi) is 3.19. The first kappa shape index (κ1) is 11.1. The molecule has 0 nitrogen and oxygen atoms in total. The summed E-state index contributed by atoms with van der Waals surface area (Å²) >= 11 is 0. The smallest absolute Gasteiger partial charge is 0.241 e. The molecule has 1 rings (SSSR count). The third-order valence-corrected chi connectivity index (χ3v) is 2.14. The molecule has 0 saturated heterocycles. The fraction of sp³-hybridized carbons (Fsp3) is 0.455. The normalized spacial score (nSPS) is 14.1. The van der Waals surface area contributed by atoms with Gasteiger partial charge in [0.25, 0.3) is 5.92 Å². The molecule has 1 aromatic rings. The van der Waals surface area contributed by atoms with Gasteiger partial charge >= 0.3 is 0 Å². The van der Waals surface area contributed by atoms with Crippen molar-refractivity contribution >= 4 is 0 Å². The summed E-state index contributed by atoms with van der Waals surface area (Å²) in [5.74, 6) is -3.27. The summed E-state index contributed by atoms with van der Waals surface area (Å²) in [6.07, 6.45) is -2.64. The fourth-order valence-corrected chi connectivity index (χ4v) is 1.12. The molecular weight excluding hydrogens is 189 g/mol. The molecule has 0 aliphatic carbocycles. The highest BCUT2D eigenvalue weighted by molar-refractivity contribution is 5.22. The summed E-state index contributed by atoms with van der Waals surface area (Å²) in [4.78, 5) is 0. The summed E-state index contributed by atoms with van der Waals surface area (Å²) < 4.78 is 38.4. The van der Waals surface area contributed by atoms with Gasteiger partial charge in [0.2, 0.25) is 0 Å². The predicted molar refractivity (Wildman–Crippen MR) is 50.4 cm³/mol. The largest absolute Gasteiger partial charge is 0.282 e. The van der Waals surface area contributed by atoms with Crippen LogP contribution in [0.15, 0.2) is 24.3 Å². The molecule has 0 fully saturated rings. The van der Waals surface area contributed by atoms with Crippen LogP contribution < -0.4 is 0 Å². The second-order valence-corrected chi connectivity index (χ2v) is 3.54. The number of alkyl halides is 3. The number of aryl methyl sites for hydroxylation is 1. The minimum absolute atomic E-state index is 0.463. The van der Waals surface area contributed by atoms with Crippen LogP contribution in [-0.4, -0.2) is 12.1 Å². The summed E-state index contributed by atoms with van der Waals surface area (Å²) in [6.45, 7) is 2.76. The highest BCUT2D eigenvalue weighted by Crippen LogP contribution is 2.26. The van der Waals surface area contributed by atoms with Crippen molar-refractivity contribution in [3.05, 3.63) is 35.4 Å². The lowest BCUT2D eigenvalue weighted by Crippen LogP contribution is -2.29. The van der Waals surface area contributed by atoms with E-state index in [0.717, 1.165) is 12.5 Å². The van der Waals surface area contributed by atoms with Crippen molar-refractivity contribution in [2.45, 2.75) is 32.4 Å². The molecule has 0 aliphatic heterocycles. The molecule has 78 valence electrons. The van der Waals surface area contributed by atoms with Crippen molar-refractivity contribution in [2.75, 3.05) is 0 Å². The number of hydrogen-bond acceptors (Lipinski definition) is 0. The summed E-state index contributed by atoms with van der Waals surface area (Å²) in [5, 5.41) is 0. The zero-order valence-corrected chi connectivity index (χ0v) is 8.23. The number of benzene rings is 1. The fourth-order valence-electron chi connectivity index (χ4n) is 1.12. The molecule has 0 spiro atoms. The molecule has 0 N–H and O–H groups in total. The van der Waals surface area contributed by atoms with Gasteiger partial charge in [-0.05, 0) is 19.4 Å². The van der Waals surface area contributed by atoms with Crippen molar-refractivity contribution in [1.29, 1.82) is 0 Å². The van der Waals surface area contributed by atoms with E-state index in [1.54, 1.807) is 24.3 Å². The quantitative estimate of drug-likeness (QED) is 0.703. The maximum atomic E-state index is 13.0.